The second-order valence-corrected chi connectivity index (χ2v) is 4.47. The van der Waals surface area contributed by atoms with Gasteiger partial charge in [0, 0.05) is 6.42 Å². The smallest absolute Gasteiger partial charge is 0.0919 e. The lowest BCUT2D eigenvalue weighted by atomic mass is 9.79. The lowest BCUT2D eigenvalue weighted by Crippen LogP contribution is -2.37. The Balaban J connectivity index is 2.19. The molecular weight excluding hydrogens is 200 g/mol. The molecule has 0 bridgehead atoms. The van der Waals surface area contributed by atoms with Crippen LogP contribution in [0.4, 0.5) is 0 Å². The first-order valence-electron chi connectivity index (χ1n) is 5.81. The summed E-state index contributed by atoms with van der Waals surface area (Å²) in [6.07, 6.45) is 5.28. The van der Waals surface area contributed by atoms with Crippen LogP contribution in [-0.2, 0) is 6.42 Å². The first-order valence-corrected chi connectivity index (χ1v) is 5.81. The van der Waals surface area contributed by atoms with Crippen molar-refractivity contribution in [2.45, 2.75) is 31.3 Å². The van der Waals surface area contributed by atoms with Crippen molar-refractivity contribution in [3.63, 3.8) is 0 Å². The normalized spacial score (nSPS) is 25.2. The second-order valence-electron chi connectivity index (χ2n) is 4.47. The molecule has 1 unspecified atom stereocenters. The van der Waals surface area contributed by atoms with Crippen LogP contribution in [0.3, 0.4) is 0 Å². The van der Waals surface area contributed by atoms with Crippen molar-refractivity contribution in [2.75, 3.05) is 6.61 Å². The highest BCUT2D eigenvalue weighted by Crippen LogP contribution is 2.32. The van der Waals surface area contributed by atoms with Gasteiger partial charge in [-0.2, -0.15) is 0 Å². The Hall–Kier alpha value is -1.12. The van der Waals surface area contributed by atoms with Crippen LogP contribution in [0.2, 0.25) is 0 Å². The highest BCUT2D eigenvalue weighted by atomic mass is 16.3. The summed E-state index contributed by atoms with van der Waals surface area (Å²) < 4.78 is 0. The van der Waals surface area contributed by atoms with Gasteiger partial charge in [-0.1, -0.05) is 36.4 Å². The van der Waals surface area contributed by atoms with Crippen LogP contribution in [0.25, 0.3) is 0 Å². The van der Waals surface area contributed by atoms with E-state index in [1.807, 2.05) is 36.4 Å². The van der Waals surface area contributed by atoms with Crippen molar-refractivity contribution in [1.29, 1.82) is 0 Å². The van der Waals surface area contributed by atoms with Crippen LogP contribution in [0.5, 0.6) is 0 Å². The van der Waals surface area contributed by atoms with Gasteiger partial charge in [-0.25, -0.2) is 0 Å². The Morgan fingerprint density at radius 1 is 1.19 bits per heavy atom. The molecule has 0 fully saturated rings. The molecule has 2 rings (SSSR count). The molecule has 1 aliphatic carbocycles. The van der Waals surface area contributed by atoms with Gasteiger partial charge in [0.15, 0.2) is 0 Å². The molecule has 86 valence electrons. The molecule has 1 aromatic rings. The molecule has 2 heteroatoms. The molecule has 16 heavy (non-hydrogen) atoms. The van der Waals surface area contributed by atoms with E-state index in [0.717, 1.165) is 30.4 Å². The van der Waals surface area contributed by atoms with E-state index in [9.17, 15) is 10.2 Å². The Morgan fingerprint density at radius 2 is 1.94 bits per heavy atom. The van der Waals surface area contributed by atoms with Gasteiger partial charge in [0.25, 0.3) is 0 Å². The third-order valence-corrected chi connectivity index (χ3v) is 3.29. The molecular formula is C14H18O2. The fourth-order valence-corrected chi connectivity index (χ4v) is 2.37. The van der Waals surface area contributed by atoms with Gasteiger partial charge in [-0.05, 0) is 30.4 Å². The summed E-state index contributed by atoms with van der Waals surface area (Å²) in [6, 6.07) is 9.95. The van der Waals surface area contributed by atoms with Gasteiger partial charge < -0.3 is 10.2 Å². The first-order chi connectivity index (χ1) is 7.74. The van der Waals surface area contributed by atoms with Crippen LogP contribution >= 0.6 is 0 Å². The molecule has 2 N–H and O–H groups in total. The largest absolute Gasteiger partial charge is 0.392 e. The molecule has 0 amide bonds. The Bertz CT molecular complexity index is 370. The van der Waals surface area contributed by atoms with Crippen LogP contribution in [0, 0.1) is 0 Å². The molecule has 0 aromatic heterocycles. The Kier molecular flexibility index (Phi) is 3.42. The summed E-state index contributed by atoms with van der Waals surface area (Å²) in [6.45, 7) is -0.0384. The zero-order valence-electron chi connectivity index (χ0n) is 9.39. The summed E-state index contributed by atoms with van der Waals surface area (Å²) in [5.74, 6) is 0. The minimum absolute atomic E-state index is 0.0384. The van der Waals surface area contributed by atoms with Gasteiger partial charge in [0.1, 0.15) is 0 Å². The minimum Gasteiger partial charge on any atom is -0.392 e. The van der Waals surface area contributed by atoms with E-state index in [4.69, 9.17) is 0 Å². The molecule has 0 heterocycles. The van der Waals surface area contributed by atoms with Crippen LogP contribution in [0.1, 0.15) is 24.8 Å². The number of aliphatic hydroxyl groups is 2. The maximum atomic E-state index is 10.6. The summed E-state index contributed by atoms with van der Waals surface area (Å²) in [7, 11) is 0. The second kappa shape index (κ2) is 4.81. The van der Waals surface area contributed by atoms with E-state index in [1.165, 1.54) is 0 Å². The highest BCUT2D eigenvalue weighted by Gasteiger charge is 2.32. The number of rotatable bonds is 3. The van der Waals surface area contributed by atoms with Gasteiger partial charge in [-0.15, -0.1) is 0 Å². The van der Waals surface area contributed by atoms with E-state index < -0.39 is 5.60 Å². The lowest BCUT2D eigenvalue weighted by Gasteiger charge is -2.33. The van der Waals surface area contributed by atoms with Crippen LogP contribution < -0.4 is 0 Å². The third kappa shape index (κ3) is 2.34. The molecule has 0 aliphatic heterocycles. The topological polar surface area (TPSA) is 40.5 Å². The van der Waals surface area contributed by atoms with Gasteiger partial charge in [-0.3, -0.25) is 0 Å². The maximum Gasteiger partial charge on any atom is 0.0919 e. The minimum atomic E-state index is -0.839. The molecule has 0 saturated heterocycles. The van der Waals surface area contributed by atoms with E-state index in [0.29, 0.717) is 6.42 Å². The van der Waals surface area contributed by atoms with Crippen molar-refractivity contribution < 1.29 is 10.2 Å². The number of benzene rings is 1. The van der Waals surface area contributed by atoms with E-state index >= 15 is 0 Å². The Labute approximate surface area is 96.2 Å². The zero-order chi connectivity index (χ0) is 11.4. The number of hydrogen-bond acceptors (Lipinski definition) is 2. The molecule has 0 saturated carbocycles. The highest BCUT2D eigenvalue weighted by molar-refractivity contribution is 5.26. The van der Waals surface area contributed by atoms with E-state index in [2.05, 4.69) is 0 Å². The van der Waals surface area contributed by atoms with Gasteiger partial charge in [0.05, 0.1) is 12.2 Å². The molecule has 1 aromatic carbocycles. The van der Waals surface area contributed by atoms with Crippen molar-refractivity contribution in [3.05, 3.63) is 47.5 Å². The SMILES string of the molecule is OCC1=CCCCC1(O)Cc1ccccc1. The van der Waals surface area contributed by atoms with Crippen LogP contribution in [0.15, 0.2) is 42.0 Å². The van der Waals surface area contributed by atoms with Crippen molar-refractivity contribution >= 4 is 0 Å². The molecule has 0 spiro atoms. The maximum absolute atomic E-state index is 10.6. The molecule has 1 atom stereocenters. The molecule has 2 nitrogen and oxygen atoms in total. The lowest BCUT2D eigenvalue weighted by molar-refractivity contribution is 0.0501. The standard InChI is InChI=1S/C14H18O2/c15-11-13-8-4-5-9-14(13,16)10-12-6-2-1-3-7-12/h1-3,6-8,15-16H,4-5,9-11H2. The summed E-state index contributed by atoms with van der Waals surface area (Å²) in [4.78, 5) is 0. The monoisotopic (exact) mass is 218 g/mol. The summed E-state index contributed by atoms with van der Waals surface area (Å²) in [5.41, 5.74) is 1.06. The van der Waals surface area contributed by atoms with Crippen molar-refractivity contribution in [1.82, 2.24) is 0 Å². The quantitative estimate of drug-likeness (QED) is 0.762. The Morgan fingerprint density at radius 3 is 2.62 bits per heavy atom. The number of allylic oxidation sites excluding steroid dienone is 1. The zero-order valence-corrected chi connectivity index (χ0v) is 9.39. The average molecular weight is 218 g/mol. The van der Waals surface area contributed by atoms with E-state index in [1.54, 1.807) is 0 Å². The summed E-state index contributed by atoms with van der Waals surface area (Å²) in [5, 5.41) is 19.8. The fraction of sp³-hybridized carbons (Fsp3) is 0.429. The van der Waals surface area contributed by atoms with Crippen molar-refractivity contribution in [3.8, 4) is 0 Å². The number of hydrogen-bond donors (Lipinski definition) is 2. The van der Waals surface area contributed by atoms with Crippen molar-refractivity contribution in [2.24, 2.45) is 0 Å². The van der Waals surface area contributed by atoms with Gasteiger partial charge >= 0.3 is 0 Å². The predicted molar refractivity (Wildman–Crippen MR) is 64.1 cm³/mol. The fourth-order valence-electron chi connectivity index (χ4n) is 2.37. The first kappa shape index (κ1) is 11.4. The number of aliphatic hydroxyl groups excluding tert-OH is 1. The predicted octanol–water partition coefficient (Wildman–Crippen LogP) is 2.06. The van der Waals surface area contributed by atoms with Gasteiger partial charge in [0.2, 0.25) is 0 Å². The molecule has 0 radical (unpaired) electrons. The summed E-state index contributed by atoms with van der Waals surface area (Å²) >= 11 is 0. The third-order valence-electron chi connectivity index (χ3n) is 3.29. The van der Waals surface area contributed by atoms with Crippen LogP contribution in [-0.4, -0.2) is 22.4 Å². The van der Waals surface area contributed by atoms with E-state index in [-0.39, 0.29) is 6.61 Å². The molecule has 1 aliphatic rings. The average Bonchev–Trinajstić information content (AvgIpc) is 2.30.